The highest BCUT2D eigenvalue weighted by Gasteiger charge is 2.41. The number of thioether (sulfide) groups is 2. The molecule has 1 aliphatic rings. The first-order chi connectivity index (χ1) is 7.68. The molecule has 1 aliphatic carbocycles. The van der Waals surface area contributed by atoms with E-state index < -0.39 is 0 Å². The molecule has 0 aliphatic heterocycles. The average Bonchev–Trinajstić information content (AvgIpc) is 2.28. The smallest absolute Gasteiger partial charge is 0.151 e. The third-order valence-corrected chi connectivity index (χ3v) is 5.88. The summed E-state index contributed by atoms with van der Waals surface area (Å²) in [6.07, 6.45) is 3.31. The number of ketones is 1. The first-order valence-electron chi connectivity index (χ1n) is 5.89. The molecule has 4 heteroatoms. The molecule has 2 nitrogen and oxygen atoms in total. The Hall–Kier alpha value is -0.140. The van der Waals surface area contributed by atoms with Gasteiger partial charge in [0.1, 0.15) is 5.78 Å². The van der Waals surface area contributed by atoms with E-state index in [4.69, 9.17) is 0 Å². The highest BCUT2D eigenvalue weighted by molar-refractivity contribution is 8.18. The second-order valence-electron chi connectivity index (χ2n) is 3.98. The van der Waals surface area contributed by atoms with Gasteiger partial charge in [0.25, 0.3) is 0 Å². The molecule has 0 N–H and O–H groups in total. The van der Waals surface area contributed by atoms with Crippen molar-refractivity contribution in [3.05, 3.63) is 0 Å². The Kier molecular flexibility index (Phi) is 5.71. The molecular formula is C12H19NOS2. The van der Waals surface area contributed by atoms with Gasteiger partial charge in [0.05, 0.1) is 6.07 Å². The Morgan fingerprint density at radius 2 is 2.06 bits per heavy atom. The summed E-state index contributed by atoms with van der Waals surface area (Å²) < 4.78 is -0.389. The molecule has 0 saturated heterocycles. The fraction of sp³-hybridized carbons (Fsp3) is 0.833. The maximum absolute atomic E-state index is 11.5. The number of nitriles is 1. The predicted molar refractivity (Wildman–Crippen MR) is 71.6 cm³/mol. The van der Waals surface area contributed by atoms with Crippen molar-refractivity contribution in [1.82, 2.24) is 0 Å². The number of hydrogen-bond donors (Lipinski definition) is 0. The molecule has 0 spiro atoms. The van der Waals surface area contributed by atoms with Crippen LogP contribution in [0.15, 0.2) is 0 Å². The first-order valence-corrected chi connectivity index (χ1v) is 7.86. The van der Waals surface area contributed by atoms with E-state index in [1.165, 1.54) is 0 Å². The Bertz CT molecular complexity index is 279. The van der Waals surface area contributed by atoms with Crippen molar-refractivity contribution in [3.8, 4) is 6.07 Å². The van der Waals surface area contributed by atoms with Gasteiger partial charge in [0.2, 0.25) is 0 Å². The van der Waals surface area contributed by atoms with Gasteiger partial charge in [0.15, 0.2) is 4.08 Å². The summed E-state index contributed by atoms with van der Waals surface area (Å²) >= 11 is 3.41. The summed E-state index contributed by atoms with van der Waals surface area (Å²) in [5, 5.41) is 9.47. The molecule has 0 amide bonds. The van der Waals surface area contributed by atoms with Crippen molar-refractivity contribution >= 4 is 29.3 Å². The zero-order chi connectivity index (χ0) is 12.0. The number of hydrogen-bond acceptors (Lipinski definition) is 4. The van der Waals surface area contributed by atoms with E-state index in [9.17, 15) is 10.1 Å². The molecule has 1 rings (SSSR count). The molecule has 0 radical (unpaired) electrons. The van der Waals surface area contributed by atoms with E-state index in [1.54, 1.807) is 23.5 Å². The van der Waals surface area contributed by atoms with Gasteiger partial charge in [-0.1, -0.05) is 13.8 Å². The van der Waals surface area contributed by atoms with E-state index in [0.717, 1.165) is 24.3 Å². The third kappa shape index (κ3) is 3.18. The van der Waals surface area contributed by atoms with E-state index in [-0.39, 0.29) is 10.00 Å². The van der Waals surface area contributed by atoms with Crippen LogP contribution in [0, 0.1) is 17.2 Å². The van der Waals surface area contributed by atoms with Crippen LogP contribution in [0.3, 0.4) is 0 Å². The van der Waals surface area contributed by atoms with Gasteiger partial charge < -0.3 is 0 Å². The van der Waals surface area contributed by atoms with Gasteiger partial charge in [0, 0.05) is 18.8 Å². The van der Waals surface area contributed by atoms with Crippen LogP contribution in [-0.2, 0) is 4.79 Å². The normalized spacial score (nSPS) is 21.8. The third-order valence-electron chi connectivity index (χ3n) is 2.89. The zero-order valence-corrected chi connectivity index (χ0v) is 11.6. The molecule has 1 atom stereocenters. The number of carbonyl (C=O) groups excluding carboxylic acids is 1. The second kappa shape index (κ2) is 6.56. The first kappa shape index (κ1) is 13.9. The van der Waals surface area contributed by atoms with E-state index in [0.29, 0.717) is 18.6 Å². The van der Waals surface area contributed by atoms with Crippen molar-refractivity contribution < 1.29 is 4.79 Å². The topological polar surface area (TPSA) is 40.9 Å². The quantitative estimate of drug-likeness (QED) is 0.707. The minimum atomic E-state index is -0.389. The molecule has 0 aromatic rings. The molecule has 0 bridgehead atoms. The van der Waals surface area contributed by atoms with Crippen LogP contribution in [0.1, 0.15) is 39.5 Å². The van der Waals surface area contributed by atoms with Crippen molar-refractivity contribution in [2.45, 2.75) is 43.6 Å². The summed E-state index contributed by atoms with van der Waals surface area (Å²) in [6.45, 7) is 4.16. The standard InChI is InChI=1S/C12H19NOS2/c1-3-15-12(9-13,16-4-2)10-6-5-7-11(14)8-10/h10H,3-8H2,1-2H3. The fourth-order valence-electron chi connectivity index (χ4n) is 2.21. The molecule has 90 valence electrons. The monoisotopic (exact) mass is 257 g/mol. The molecule has 0 aromatic heterocycles. The summed E-state index contributed by atoms with van der Waals surface area (Å²) in [5.41, 5.74) is 0. The maximum atomic E-state index is 11.5. The lowest BCUT2D eigenvalue weighted by molar-refractivity contribution is -0.121. The van der Waals surface area contributed by atoms with Crippen LogP contribution in [-0.4, -0.2) is 21.4 Å². The van der Waals surface area contributed by atoms with Crippen molar-refractivity contribution in [3.63, 3.8) is 0 Å². The number of rotatable bonds is 5. The van der Waals surface area contributed by atoms with Crippen molar-refractivity contribution in [2.24, 2.45) is 5.92 Å². The van der Waals surface area contributed by atoms with E-state index in [1.807, 2.05) is 0 Å². The van der Waals surface area contributed by atoms with Gasteiger partial charge in [-0.05, 0) is 24.3 Å². The lowest BCUT2D eigenvalue weighted by Crippen LogP contribution is -2.34. The highest BCUT2D eigenvalue weighted by Crippen LogP contribution is 2.47. The predicted octanol–water partition coefficient (Wildman–Crippen LogP) is 3.47. The number of nitrogens with zero attached hydrogens (tertiary/aromatic N) is 1. The SMILES string of the molecule is CCSC(C#N)(SCC)C1CCCC(=O)C1. The lowest BCUT2D eigenvalue weighted by Gasteiger charge is -2.35. The number of carbonyl (C=O) groups is 1. The summed E-state index contributed by atoms with van der Waals surface area (Å²) in [7, 11) is 0. The van der Waals surface area contributed by atoms with Crippen molar-refractivity contribution in [2.75, 3.05) is 11.5 Å². The highest BCUT2D eigenvalue weighted by atomic mass is 32.2. The van der Waals surface area contributed by atoms with Gasteiger partial charge in [-0.3, -0.25) is 4.79 Å². The molecule has 1 fully saturated rings. The van der Waals surface area contributed by atoms with Gasteiger partial charge in [-0.25, -0.2) is 0 Å². The summed E-state index contributed by atoms with van der Waals surface area (Å²) in [5.74, 6) is 2.45. The minimum absolute atomic E-state index is 0.244. The van der Waals surface area contributed by atoms with Crippen LogP contribution in [0.5, 0.6) is 0 Å². The van der Waals surface area contributed by atoms with Gasteiger partial charge in [-0.2, -0.15) is 5.26 Å². The lowest BCUT2D eigenvalue weighted by atomic mass is 9.86. The second-order valence-corrected chi connectivity index (χ2v) is 7.26. The Morgan fingerprint density at radius 1 is 1.44 bits per heavy atom. The zero-order valence-electron chi connectivity index (χ0n) is 9.99. The molecule has 0 heterocycles. The Labute approximate surface area is 107 Å². The molecule has 16 heavy (non-hydrogen) atoms. The molecule has 0 aromatic carbocycles. The van der Waals surface area contributed by atoms with Crippen LogP contribution in [0.25, 0.3) is 0 Å². The van der Waals surface area contributed by atoms with Crippen LogP contribution in [0.2, 0.25) is 0 Å². The van der Waals surface area contributed by atoms with Crippen LogP contribution in [0.4, 0.5) is 0 Å². The van der Waals surface area contributed by atoms with Crippen LogP contribution >= 0.6 is 23.5 Å². The summed E-state index contributed by atoms with van der Waals surface area (Å²) in [4.78, 5) is 11.5. The van der Waals surface area contributed by atoms with Gasteiger partial charge in [-0.15, -0.1) is 23.5 Å². The molecular weight excluding hydrogens is 238 g/mol. The molecule has 1 saturated carbocycles. The summed E-state index contributed by atoms with van der Waals surface area (Å²) in [6, 6.07) is 2.48. The maximum Gasteiger partial charge on any atom is 0.151 e. The Balaban J connectivity index is 2.81. The number of Topliss-reactive ketones (excluding diaryl/α,β-unsaturated/α-hetero) is 1. The Morgan fingerprint density at radius 3 is 2.50 bits per heavy atom. The van der Waals surface area contributed by atoms with E-state index >= 15 is 0 Å². The van der Waals surface area contributed by atoms with E-state index in [2.05, 4.69) is 19.9 Å². The van der Waals surface area contributed by atoms with Crippen LogP contribution < -0.4 is 0 Å². The average molecular weight is 257 g/mol. The largest absolute Gasteiger partial charge is 0.300 e. The fourth-order valence-corrected chi connectivity index (χ4v) is 5.11. The molecule has 1 unspecified atom stereocenters. The minimum Gasteiger partial charge on any atom is -0.300 e. The van der Waals surface area contributed by atoms with Gasteiger partial charge >= 0.3 is 0 Å². The van der Waals surface area contributed by atoms with Crippen molar-refractivity contribution in [1.29, 1.82) is 5.26 Å².